The third-order valence-electron chi connectivity index (χ3n) is 2.61. The predicted octanol–water partition coefficient (Wildman–Crippen LogP) is 2.94. The molecule has 0 aliphatic carbocycles. The Bertz CT molecular complexity index is 381. The molecule has 0 spiro atoms. The monoisotopic (exact) mass is 255 g/mol. The van der Waals surface area contributed by atoms with Crippen LogP contribution in [0.4, 0.5) is 0 Å². The van der Waals surface area contributed by atoms with E-state index in [1.165, 1.54) is 7.11 Å². The molecule has 0 saturated heterocycles. The SMILES string of the molecule is COC(=O)CC(C)N[C@@H](C)c1ccccc1Cl. The molecule has 0 fully saturated rings. The van der Waals surface area contributed by atoms with Gasteiger partial charge >= 0.3 is 5.97 Å². The number of nitrogens with one attached hydrogen (secondary N) is 1. The van der Waals surface area contributed by atoms with Crippen molar-refractivity contribution in [3.05, 3.63) is 34.9 Å². The van der Waals surface area contributed by atoms with Crippen LogP contribution in [0.3, 0.4) is 0 Å². The Labute approximate surface area is 107 Å². The van der Waals surface area contributed by atoms with Crippen LogP contribution < -0.4 is 5.32 Å². The molecule has 0 amide bonds. The lowest BCUT2D eigenvalue weighted by atomic mass is 10.1. The third-order valence-corrected chi connectivity index (χ3v) is 2.95. The number of rotatable bonds is 5. The van der Waals surface area contributed by atoms with E-state index < -0.39 is 0 Å². The number of carbonyl (C=O) groups is 1. The van der Waals surface area contributed by atoms with Gasteiger partial charge in [-0.15, -0.1) is 0 Å². The van der Waals surface area contributed by atoms with Crippen molar-refractivity contribution in [2.75, 3.05) is 7.11 Å². The van der Waals surface area contributed by atoms with E-state index in [1.54, 1.807) is 0 Å². The summed E-state index contributed by atoms with van der Waals surface area (Å²) in [6.07, 6.45) is 0.352. The molecular weight excluding hydrogens is 238 g/mol. The number of hydrogen-bond acceptors (Lipinski definition) is 3. The van der Waals surface area contributed by atoms with Crippen LogP contribution >= 0.6 is 11.6 Å². The third kappa shape index (κ3) is 4.36. The molecule has 1 unspecified atom stereocenters. The standard InChI is InChI=1S/C13H18ClNO2/c1-9(8-13(16)17-3)15-10(2)11-6-4-5-7-12(11)14/h4-7,9-10,15H,8H2,1-3H3/t9?,10-/m0/s1. The number of ether oxygens (including phenoxy) is 1. The summed E-state index contributed by atoms with van der Waals surface area (Å²) in [7, 11) is 1.40. The maximum Gasteiger partial charge on any atom is 0.307 e. The number of esters is 1. The van der Waals surface area contributed by atoms with E-state index in [4.69, 9.17) is 11.6 Å². The highest BCUT2D eigenvalue weighted by molar-refractivity contribution is 6.31. The van der Waals surface area contributed by atoms with E-state index in [2.05, 4.69) is 10.1 Å². The summed E-state index contributed by atoms with van der Waals surface area (Å²) in [5.74, 6) is -0.212. The molecule has 3 nitrogen and oxygen atoms in total. The first-order valence-corrected chi connectivity index (χ1v) is 5.99. The topological polar surface area (TPSA) is 38.3 Å². The molecule has 0 bridgehead atoms. The Morgan fingerprint density at radius 2 is 2.06 bits per heavy atom. The second kappa shape index (κ2) is 6.62. The van der Waals surface area contributed by atoms with Gasteiger partial charge in [0.15, 0.2) is 0 Å². The maximum absolute atomic E-state index is 11.1. The van der Waals surface area contributed by atoms with Gasteiger partial charge in [-0.25, -0.2) is 0 Å². The smallest absolute Gasteiger partial charge is 0.307 e. The van der Waals surface area contributed by atoms with E-state index in [1.807, 2.05) is 38.1 Å². The van der Waals surface area contributed by atoms with Crippen molar-refractivity contribution in [3.8, 4) is 0 Å². The molecule has 1 rings (SSSR count). The van der Waals surface area contributed by atoms with Crippen LogP contribution in [-0.2, 0) is 9.53 Å². The quantitative estimate of drug-likeness (QED) is 0.822. The van der Waals surface area contributed by atoms with Gasteiger partial charge in [0, 0.05) is 17.1 Å². The highest BCUT2D eigenvalue weighted by Gasteiger charge is 2.14. The lowest BCUT2D eigenvalue weighted by Gasteiger charge is -2.20. The van der Waals surface area contributed by atoms with Crippen molar-refractivity contribution in [2.45, 2.75) is 32.4 Å². The Morgan fingerprint density at radius 1 is 1.41 bits per heavy atom. The van der Waals surface area contributed by atoms with Crippen molar-refractivity contribution >= 4 is 17.6 Å². The summed E-state index contributed by atoms with van der Waals surface area (Å²) in [6.45, 7) is 3.97. The van der Waals surface area contributed by atoms with Crippen LogP contribution in [0, 0.1) is 0 Å². The van der Waals surface area contributed by atoms with E-state index in [9.17, 15) is 4.79 Å². The van der Waals surface area contributed by atoms with Gasteiger partial charge in [0.05, 0.1) is 13.5 Å². The predicted molar refractivity (Wildman–Crippen MR) is 69.1 cm³/mol. The molecule has 94 valence electrons. The first-order valence-electron chi connectivity index (χ1n) is 5.62. The molecule has 2 atom stereocenters. The zero-order chi connectivity index (χ0) is 12.8. The summed E-state index contributed by atoms with van der Waals surface area (Å²) < 4.78 is 4.63. The van der Waals surface area contributed by atoms with Crippen LogP contribution in [0.5, 0.6) is 0 Å². The summed E-state index contributed by atoms with van der Waals surface area (Å²) in [5, 5.41) is 4.05. The lowest BCUT2D eigenvalue weighted by molar-refractivity contribution is -0.141. The molecular formula is C13H18ClNO2. The van der Waals surface area contributed by atoms with Crippen molar-refractivity contribution in [1.29, 1.82) is 0 Å². The van der Waals surface area contributed by atoms with Crippen molar-refractivity contribution < 1.29 is 9.53 Å². The first kappa shape index (κ1) is 14.0. The van der Waals surface area contributed by atoms with Crippen LogP contribution in [0.15, 0.2) is 24.3 Å². The van der Waals surface area contributed by atoms with Crippen LogP contribution in [0.1, 0.15) is 31.9 Å². The number of halogens is 1. The minimum atomic E-state index is -0.212. The molecule has 0 aliphatic rings. The molecule has 0 aromatic heterocycles. The maximum atomic E-state index is 11.1. The summed E-state index contributed by atoms with van der Waals surface area (Å²) >= 11 is 6.10. The number of methoxy groups -OCH3 is 1. The molecule has 4 heteroatoms. The fourth-order valence-corrected chi connectivity index (χ4v) is 2.03. The number of carbonyl (C=O) groups excluding carboxylic acids is 1. The molecule has 1 aromatic rings. The van der Waals surface area contributed by atoms with Crippen LogP contribution in [-0.4, -0.2) is 19.1 Å². The zero-order valence-electron chi connectivity index (χ0n) is 10.4. The molecule has 0 aliphatic heterocycles. The summed E-state index contributed by atoms with van der Waals surface area (Å²) in [6, 6.07) is 7.84. The van der Waals surface area contributed by atoms with Gasteiger partial charge in [0.1, 0.15) is 0 Å². The van der Waals surface area contributed by atoms with Gasteiger partial charge in [-0.3, -0.25) is 4.79 Å². The van der Waals surface area contributed by atoms with E-state index >= 15 is 0 Å². The minimum Gasteiger partial charge on any atom is -0.469 e. The molecule has 17 heavy (non-hydrogen) atoms. The fourth-order valence-electron chi connectivity index (χ4n) is 1.74. The lowest BCUT2D eigenvalue weighted by Crippen LogP contribution is -2.31. The number of benzene rings is 1. The zero-order valence-corrected chi connectivity index (χ0v) is 11.1. The van der Waals surface area contributed by atoms with Crippen molar-refractivity contribution in [3.63, 3.8) is 0 Å². The minimum absolute atomic E-state index is 0.0497. The highest BCUT2D eigenvalue weighted by Crippen LogP contribution is 2.22. The molecule has 0 radical (unpaired) electrons. The van der Waals surface area contributed by atoms with Gasteiger partial charge in [0.25, 0.3) is 0 Å². The Hall–Kier alpha value is -1.06. The van der Waals surface area contributed by atoms with Gasteiger partial charge in [-0.2, -0.15) is 0 Å². The fraction of sp³-hybridized carbons (Fsp3) is 0.462. The van der Waals surface area contributed by atoms with Gasteiger partial charge in [0.2, 0.25) is 0 Å². The average molecular weight is 256 g/mol. The Kier molecular flexibility index (Phi) is 5.45. The Balaban J connectivity index is 2.57. The normalized spacial score (nSPS) is 14.1. The van der Waals surface area contributed by atoms with E-state index in [0.29, 0.717) is 6.42 Å². The summed E-state index contributed by atoms with van der Waals surface area (Å²) in [5.41, 5.74) is 1.03. The average Bonchev–Trinajstić information content (AvgIpc) is 2.29. The van der Waals surface area contributed by atoms with Gasteiger partial charge in [-0.05, 0) is 25.5 Å². The number of hydrogen-bond donors (Lipinski definition) is 1. The second-order valence-electron chi connectivity index (χ2n) is 4.09. The van der Waals surface area contributed by atoms with E-state index in [-0.39, 0.29) is 18.1 Å². The van der Waals surface area contributed by atoms with Crippen LogP contribution in [0.25, 0.3) is 0 Å². The van der Waals surface area contributed by atoms with Crippen LogP contribution in [0.2, 0.25) is 5.02 Å². The first-order chi connectivity index (χ1) is 8.04. The van der Waals surface area contributed by atoms with Gasteiger partial charge < -0.3 is 10.1 Å². The highest BCUT2D eigenvalue weighted by atomic mass is 35.5. The molecule has 1 aromatic carbocycles. The van der Waals surface area contributed by atoms with Crippen molar-refractivity contribution in [2.24, 2.45) is 0 Å². The molecule has 1 N–H and O–H groups in total. The molecule has 0 saturated carbocycles. The second-order valence-corrected chi connectivity index (χ2v) is 4.50. The Morgan fingerprint density at radius 3 is 2.65 bits per heavy atom. The van der Waals surface area contributed by atoms with Gasteiger partial charge in [-0.1, -0.05) is 29.8 Å². The van der Waals surface area contributed by atoms with Crippen molar-refractivity contribution in [1.82, 2.24) is 5.32 Å². The largest absolute Gasteiger partial charge is 0.469 e. The summed E-state index contributed by atoms with van der Waals surface area (Å²) in [4.78, 5) is 11.1. The van der Waals surface area contributed by atoms with E-state index in [0.717, 1.165) is 10.6 Å². The molecule has 0 heterocycles.